The van der Waals surface area contributed by atoms with Gasteiger partial charge in [-0.3, -0.25) is 4.79 Å². The zero-order valence-corrected chi connectivity index (χ0v) is 21.5. The summed E-state index contributed by atoms with van der Waals surface area (Å²) in [4.78, 5) is 19.7. The highest BCUT2D eigenvalue weighted by Gasteiger charge is 2.27. The van der Waals surface area contributed by atoms with Gasteiger partial charge in [0.15, 0.2) is 0 Å². The summed E-state index contributed by atoms with van der Waals surface area (Å²) >= 11 is 1.66. The molecule has 1 aromatic carbocycles. The second kappa shape index (κ2) is 11.6. The van der Waals surface area contributed by atoms with Crippen LogP contribution in [0, 0.1) is 6.92 Å². The predicted molar refractivity (Wildman–Crippen MR) is 138 cm³/mol. The van der Waals surface area contributed by atoms with E-state index in [9.17, 15) is 4.79 Å². The molecule has 0 radical (unpaired) electrons. The van der Waals surface area contributed by atoms with Gasteiger partial charge in [0, 0.05) is 37.2 Å². The van der Waals surface area contributed by atoms with Crippen LogP contribution in [0.25, 0.3) is 10.4 Å². The first-order valence-corrected chi connectivity index (χ1v) is 13.8. The molecule has 2 aromatic rings. The van der Waals surface area contributed by atoms with Gasteiger partial charge in [0.1, 0.15) is 0 Å². The molecule has 0 atom stereocenters. The lowest BCUT2D eigenvalue weighted by atomic mass is 9.88. The SMILES string of the molecule is CC.Cc1cc(-c2ccc(C3CCN(C4CCOCC4)CC3)cc2)sc1C(=O)N1CCCC1. The van der Waals surface area contributed by atoms with E-state index in [1.165, 1.54) is 54.8 Å². The van der Waals surface area contributed by atoms with Crippen molar-refractivity contribution in [3.05, 3.63) is 46.3 Å². The summed E-state index contributed by atoms with van der Waals surface area (Å²) in [5.41, 5.74) is 3.82. The molecule has 0 aliphatic carbocycles. The Morgan fingerprint density at radius 2 is 1.58 bits per heavy atom. The van der Waals surface area contributed by atoms with E-state index >= 15 is 0 Å². The number of ether oxygens (including phenoxy) is 1. The fraction of sp³-hybridized carbons (Fsp3) is 0.607. The molecule has 0 unspecified atom stereocenters. The summed E-state index contributed by atoms with van der Waals surface area (Å²) in [6.45, 7) is 12.2. The van der Waals surface area contributed by atoms with Gasteiger partial charge in [0.2, 0.25) is 0 Å². The molecule has 4 nitrogen and oxygen atoms in total. The van der Waals surface area contributed by atoms with Gasteiger partial charge in [-0.2, -0.15) is 0 Å². The molecule has 1 amide bonds. The standard InChI is InChI=1S/C26H34N2O2S.C2H6/c1-19-18-24(31-25(19)26(29)28-12-2-3-13-28)22-6-4-20(5-7-22)21-8-14-27(15-9-21)23-10-16-30-17-11-23;1-2/h4-7,18,21,23H,2-3,8-17H2,1H3;1-2H3. The second-order valence-electron chi connectivity index (χ2n) is 9.40. The van der Waals surface area contributed by atoms with Gasteiger partial charge in [-0.15, -0.1) is 11.3 Å². The summed E-state index contributed by atoms with van der Waals surface area (Å²) in [6, 6.07) is 12.1. The lowest BCUT2D eigenvalue weighted by Gasteiger charge is -2.39. The molecule has 3 aliphatic heterocycles. The highest BCUT2D eigenvalue weighted by Crippen LogP contribution is 2.35. The lowest BCUT2D eigenvalue weighted by Crippen LogP contribution is -2.43. The van der Waals surface area contributed by atoms with Crippen LogP contribution in [-0.4, -0.2) is 61.1 Å². The molecular weight excluding hydrogens is 428 g/mol. The number of likely N-dealkylation sites (tertiary alicyclic amines) is 2. The van der Waals surface area contributed by atoms with Gasteiger partial charge in [0.25, 0.3) is 5.91 Å². The number of piperidine rings is 1. The van der Waals surface area contributed by atoms with Crippen molar-refractivity contribution in [2.24, 2.45) is 0 Å². The number of rotatable bonds is 4. The topological polar surface area (TPSA) is 32.8 Å². The molecule has 0 bridgehead atoms. The number of nitrogens with zero attached hydrogens (tertiary/aromatic N) is 2. The van der Waals surface area contributed by atoms with Crippen molar-refractivity contribution in [1.29, 1.82) is 0 Å². The van der Waals surface area contributed by atoms with E-state index in [1.807, 2.05) is 18.7 Å². The molecular formula is C28H40N2O2S. The van der Waals surface area contributed by atoms with Crippen LogP contribution < -0.4 is 0 Å². The first-order valence-electron chi connectivity index (χ1n) is 13.0. The number of carbonyl (C=O) groups excluding carboxylic acids is 1. The van der Waals surface area contributed by atoms with Gasteiger partial charge in [-0.05, 0) is 87.2 Å². The van der Waals surface area contributed by atoms with E-state index in [0.717, 1.165) is 55.6 Å². The Morgan fingerprint density at radius 1 is 0.939 bits per heavy atom. The molecule has 0 saturated carbocycles. The molecule has 3 saturated heterocycles. The average Bonchev–Trinajstić information content (AvgIpc) is 3.56. The third-order valence-electron chi connectivity index (χ3n) is 7.41. The van der Waals surface area contributed by atoms with E-state index in [0.29, 0.717) is 5.92 Å². The summed E-state index contributed by atoms with van der Waals surface area (Å²) in [7, 11) is 0. The van der Waals surface area contributed by atoms with Crippen LogP contribution in [0.2, 0.25) is 0 Å². The van der Waals surface area contributed by atoms with E-state index in [1.54, 1.807) is 11.3 Å². The highest BCUT2D eigenvalue weighted by molar-refractivity contribution is 7.17. The number of amides is 1. The van der Waals surface area contributed by atoms with Crippen LogP contribution >= 0.6 is 11.3 Å². The molecule has 180 valence electrons. The Morgan fingerprint density at radius 3 is 2.21 bits per heavy atom. The zero-order valence-electron chi connectivity index (χ0n) is 20.6. The molecule has 3 fully saturated rings. The highest BCUT2D eigenvalue weighted by atomic mass is 32.1. The van der Waals surface area contributed by atoms with E-state index in [-0.39, 0.29) is 5.91 Å². The van der Waals surface area contributed by atoms with Gasteiger partial charge >= 0.3 is 0 Å². The summed E-state index contributed by atoms with van der Waals surface area (Å²) in [5, 5.41) is 0. The Hall–Kier alpha value is -1.69. The van der Waals surface area contributed by atoms with Crippen molar-refractivity contribution in [3.8, 4) is 10.4 Å². The third-order valence-corrected chi connectivity index (χ3v) is 8.68. The van der Waals surface area contributed by atoms with E-state index in [2.05, 4.69) is 42.2 Å². The molecule has 0 spiro atoms. The van der Waals surface area contributed by atoms with Crippen LogP contribution in [0.15, 0.2) is 30.3 Å². The Labute approximate surface area is 203 Å². The average molecular weight is 469 g/mol. The molecule has 1 aromatic heterocycles. The van der Waals surface area contributed by atoms with Crippen molar-refractivity contribution in [1.82, 2.24) is 9.80 Å². The Bertz CT molecular complexity index is 887. The van der Waals surface area contributed by atoms with Gasteiger partial charge in [-0.1, -0.05) is 38.1 Å². The minimum Gasteiger partial charge on any atom is -0.381 e. The maximum atomic E-state index is 12.8. The van der Waals surface area contributed by atoms with Crippen LogP contribution in [0.1, 0.15) is 79.1 Å². The number of aryl methyl sites for hydroxylation is 1. The van der Waals surface area contributed by atoms with Crippen LogP contribution in [0.3, 0.4) is 0 Å². The Balaban J connectivity index is 0.00000126. The quantitative estimate of drug-likeness (QED) is 0.524. The Kier molecular flexibility index (Phi) is 8.61. The van der Waals surface area contributed by atoms with Gasteiger partial charge < -0.3 is 14.5 Å². The zero-order chi connectivity index (χ0) is 23.2. The van der Waals surface area contributed by atoms with E-state index < -0.39 is 0 Å². The molecule has 3 aliphatic rings. The number of benzene rings is 1. The van der Waals surface area contributed by atoms with Crippen molar-refractivity contribution in [2.75, 3.05) is 39.4 Å². The second-order valence-corrected chi connectivity index (χ2v) is 10.5. The van der Waals surface area contributed by atoms with Crippen LogP contribution in [0.4, 0.5) is 0 Å². The molecule has 0 N–H and O–H groups in total. The molecule has 33 heavy (non-hydrogen) atoms. The van der Waals surface area contributed by atoms with Crippen LogP contribution in [0.5, 0.6) is 0 Å². The van der Waals surface area contributed by atoms with E-state index in [4.69, 9.17) is 4.74 Å². The fourth-order valence-electron chi connectivity index (χ4n) is 5.47. The lowest BCUT2D eigenvalue weighted by molar-refractivity contribution is 0.0252. The number of hydrogen-bond donors (Lipinski definition) is 0. The van der Waals surface area contributed by atoms with Crippen molar-refractivity contribution in [3.63, 3.8) is 0 Å². The maximum absolute atomic E-state index is 12.8. The molecule has 4 heterocycles. The largest absolute Gasteiger partial charge is 0.381 e. The van der Waals surface area contributed by atoms with Crippen LogP contribution in [-0.2, 0) is 4.74 Å². The minimum atomic E-state index is 0.221. The molecule has 5 heteroatoms. The van der Waals surface area contributed by atoms with Gasteiger partial charge in [0.05, 0.1) is 4.88 Å². The number of carbonyl (C=O) groups is 1. The fourth-order valence-corrected chi connectivity index (χ4v) is 6.61. The van der Waals surface area contributed by atoms with Crippen molar-refractivity contribution >= 4 is 17.2 Å². The first kappa shape index (κ1) is 24.4. The third kappa shape index (κ3) is 5.70. The maximum Gasteiger partial charge on any atom is 0.264 e. The van der Waals surface area contributed by atoms with Crippen molar-refractivity contribution in [2.45, 2.75) is 71.3 Å². The van der Waals surface area contributed by atoms with Gasteiger partial charge in [-0.25, -0.2) is 0 Å². The summed E-state index contributed by atoms with van der Waals surface area (Å²) < 4.78 is 5.53. The predicted octanol–water partition coefficient (Wildman–Crippen LogP) is 6.34. The normalized spacial score (nSPS) is 20.5. The minimum absolute atomic E-state index is 0.221. The number of hydrogen-bond acceptors (Lipinski definition) is 4. The first-order chi connectivity index (χ1) is 16.2. The summed E-state index contributed by atoms with van der Waals surface area (Å²) in [5.74, 6) is 0.890. The van der Waals surface area contributed by atoms with Crippen molar-refractivity contribution < 1.29 is 9.53 Å². The molecule has 5 rings (SSSR count). The summed E-state index contributed by atoms with van der Waals surface area (Å²) in [6.07, 6.45) is 7.17. The monoisotopic (exact) mass is 468 g/mol. The number of thiophene rings is 1. The smallest absolute Gasteiger partial charge is 0.264 e.